The van der Waals surface area contributed by atoms with Gasteiger partial charge >= 0.3 is 0 Å². The van der Waals surface area contributed by atoms with Crippen LogP contribution in [-0.4, -0.2) is 33.1 Å². The lowest BCUT2D eigenvalue weighted by Gasteiger charge is -2.10. The van der Waals surface area contributed by atoms with Gasteiger partial charge in [-0.25, -0.2) is 0 Å². The minimum absolute atomic E-state index is 0.267. The number of nitrogens with zero attached hydrogens (tertiary/aromatic N) is 4. The molecule has 0 saturated heterocycles. The maximum absolute atomic E-state index is 6.30. The Balaban J connectivity index is 0.000000135. The zero-order valence-corrected chi connectivity index (χ0v) is 30.0. The van der Waals surface area contributed by atoms with E-state index in [1.54, 1.807) is 22.7 Å². The van der Waals surface area contributed by atoms with E-state index in [1.165, 1.54) is 43.3 Å². The highest BCUT2D eigenvalue weighted by Crippen LogP contribution is 2.50. The van der Waals surface area contributed by atoms with Gasteiger partial charge in [0.05, 0.1) is 23.0 Å². The van der Waals surface area contributed by atoms with Gasteiger partial charge in [-0.15, -0.1) is 22.7 Å². The summed E-state index contributed by atoms with van der Waals surface area (Å²) in [5, 5.41) is 11.0. The van der Waals surface area contributed by atoms with Crippen LogP contribution in [0.2, 0.25) is 0 Å². The van der Waals surface area contributed by atoms with Gasteiger partial charge in [-0.2, -0.15) is 10.2 Å². The molecule has 4 aromatic heterocycles. The Kier molecular flexibility index (Phi) is 7.73. The molecule has 10 nitrogen and oxygen atoms in total. The van der Waals surface area contributed by atoms with Gasteiger partial charge in [-0.05, 0) is 98.9 Å². The fourth-order valence-corrected chi connectivity index (χ4v) is 9.38. The maximum Gasteiger partial charge on any atom is 0.231 e. The number of aromatic nitrogens is 4. The van der Waals surface area contributed by atoms with E-state index in [1.807, 2.05) is 66.1 Å². The minimum Gasteiger partial charge on any atom is -0.454 e. The van der Waals surface area contributed by atoms with Gasteiger partial charge in [0, 0.05) is 42.2 Å². The van der Waals surface area contributed by atoms with E-state index in [2.05, 4.69) is 25.1 Å². The molecule has 10 rings (SSSR count). The second-order valence-corrected chi connectivity index (χ2v) is 15.2. The molecule has 0 unspecified atom stereocenters. The van der Waals surface area contributed by atoms with E-state index in [4.69, 9.17) is 33.5 Å². The summed E-state index contributed by atoms with van der Waals surface area (Å²) in [5.41, 5.74) is 9.98. The Labute approximate surface area is 297 Å². The lowest BCUT2D eigenvalue weighted by molar-refractivity contribution is 0.173. The summed E-state index contributed by atoms with van der Waals surface area (Å²) in [6, 6.07) is 11.4. The van der Waals surface area contributed by atoms with Crippen molar-refractivity contribution < 1.29 is 28.4 Å². The molecule has 4 aliphatic rings. The highest BCUT2D eigenvalue weighted by Gasteiger charge is 2.28. The molecule has 2 aliphatic carbocycles. The topological polar surface area (TPSA) is 91.0 Å². The van der Waals surface area contributed by atoms with Gasteiger partial charge < -0.3 is 28.4 Å². The Morgan fingerprint density at radius 2 is 1.24 bits per heavy atom. The van der Waals surface area contributed by atoms with Crippen molar-refractivity contribution in [3.05, 3.63) is 80.8 Å². The molecule has 0 bridgehead atoms. The number of thiophene rings is 2. The monoisotopic (exact) mass is 708 g/mol. The predicted octanol–water partition coefficient (Wildman–Crippen LogP) is 8.93. The van der Waals surface area contributed by atoms with Crippen molar-refractivity contribution >= 4 is 22.7 Å². The van der Waals surface area contributed by atoms with Crippen LogP contribution >= 0.6 is 22.7 Å². The molecule has 2 aromatic carbocycles. The Hall–Kier alpha value is -4.94. The maximum atomic E-state index is 6.30. The molecular formula is C38H36N4O6S2. The molecule has 50 heavy (non-hydrogen) atoms. The van der Waals surface area contributed by atoms with Crippen molar-refractivity contribution in [2.75, 3.05) is 13.6 Å². The normalized spacial score (nSPS) is 14.8. The summed E-state index contributed by atoms with van der Waals surface area (Å²) in [4.78, 5) is 2.63. The Bertz CT molecular complexity index is 2260. The number of rotatable bonds is 4. The predicted molar refractivity (Wildman–Crippen MR) is 192 cm³/mol. The Morgan fingerprint density at radius 3 is 1.88 bits per heavy atom. The molecule has 0 amide bonds. The third kappa shape index (κ3) is 5.47. The Morgan fingerprint density at radius 1 is 0.680 bits per heavy atom. The van der Waals surface area contributed by atoms with Crippen molar-refractivity contribution in [3.8, 4) is 67.1 Å². The van der Waals surface area contributed by atoms with Crippen LogP contribution in [0.4, 0.5) is 0 Å². The zero-order valence-electron chi connectivity index (χ0n) is 28.3. The lowest BCUT2D eigenvalue weighted by atomic mass is 10.1. The smallest absolute Gasteiger partial charge is 0.231 e. The lowest BCUT2D eigenvalue weighted by Crippen LogP contribution is -1.97. The summed E-state index contributed by atoms with van der Waals surface area (Å²) in [5.74, 6) is 4.52. The highest BCUT2D eigenvalue weighted by atomic mass is 32.1. The number of aryl methyl sites for hydroxylation is 6. The molecular weight excluding hydrogens is 673 g/mol. The van der Waals surface area contributed by atoms with E-state index < -0.39 is 0 Å². The third-order valence-electron chi connectivity index (χ3n) is 9.60. The molecule has 0 atom stereocenters. The van der Waals surface area contributed by atoms with Crippen LogP contribution < -0.4 is 28.4 Å². The van der Waals surface area contributed by atoms with Crippen molar-refractivity contribution in [1.29, 1.82) is 0 Å². The summed E-state index contributed by atoms with van der Waals surface area (Å²) < 4.78 is 38.1. The van der Waals surface area contributed by atoms with E-state index in [0.717, 1.165) is 94.4 Å². The molecule has 256 valence electrons. The summed E-state index contributed by atoms with van der Waals surface area (Å²) in [6.07, 6.45) is 10.7. The highest BCUT2D eigenvalue weighted by molar-refractivity contribution is 7.15. The largest absolute Gasteiger partial charge is 0.454 e. The molecule has 0 radical (unpaired) electrons. The number of hydrogen-bond acceptors (Lipinski definition) is 10. The minimum atomic E-state index is 0.267. The molecule has 0 N–H and O–H groups in total. The van der Waals surface area contributed by atoms with E-state index >= 15 is 0 Å². The summed E-state index contributed by atoms with van der Waals surface area (Å²) >= 11 is 3.40. The summed E-state index contributed by atoms with van der Waals surface area (Å²) in [7, 11) is 3.98. The molecule has 0 saturated carbocycles. The van der Waals surface area contributed by atoms with Gasteiger partial charge in [-0.3, -0.25) is 9.36 Å². The number of ether oxygens (including phenoxy) is 6. The fourth-order valence-electron chi connectivity index (χ4n) is 7.25. The molecule has 6 aromatic rings. The second-order valence-electron chi connectivity index (χ2n) is 12.9. The van der Waals surface area contributed by atoms with Crippen molar-refractivity contribution in [1.82, 2.24) is 19.6 Å². The molecule has 0 spiro atoms. The van der Waals surface area contributed by atoms with Crippen LogP contribution in [0.25, 0.3) is 22.5 Å². The average Bonchev–Trinajstić information content (AvgIpc) is 3.94. The van der Waals surface area contributed by atoms with Crippen LogP contribution in [0.5, 0.6) is 44.6 Å². The van der Waals surface area contributed by atoms with Crippen molar-refractivity contribution in [3.63, 3.8) is 0 Å². The van der Waals surface area contributed by atoms with E-state index in [-0.39, 0.29) is 13.6 Å². The van der Waals surface area contributed by atoms with Crippen LogP contribution in [0, 0.1) is 13.8 Å². The summed E-state index contributed by atoms with van der Waals surface area (Å²) in [6.45, 7) is 4.88. The van der Waals surface area contributed by atoms with Gasteiger partial charge in [0.25, 0.3) is 0 Å². The second kappa shape index (κ2) is 12.4. The van der Waals surface area contributed by atoms with Crippen LogP contribution in [-0.2, 0) is 39.8 Å². The number of hydrogen-bond donors (Lipinski definition) is 0. The fraction of sp³-hybridized carbons (Fsp3) is 0.316. The SMILES string of the molecule is Cc1sc(Oc2ccc3c(c2)OCO3)c2c1CCCc1cn(C)nc1-2.Cc1sc(Oc2ccc3c(c2)OCO3)c2c1CCCc1cnn(C)c1-2. The first-order valence-electron chi connectivity index (χ1n) is 16.8. The first-order valence-corrected chi connectivity index (χ1v) is 18.5. The van der Waals surface area contributed by atoms with Gasteiger partial charge in [0.1, 0.15) is 17.2 Å². The first kappa shape index (κ1) is 31.1. The van der Waals surface area contributed by atoms with Gasteiger partial charge in [-0.1, -0.05) is 0 Å². The molecule has 2 aliphatic heterocycles. The third-order valence-corrected chi connectivity index (χ3v) is 11.7. The number of fused-ring (bicyclic) bond motifs is 8. The molecule has 6 heterocycles. The first-order chi connectivity index (χ1) is 24.4. The van der Waals surface area contributed by atoms with Crippen LogP contribution in [0.1, 0.15) is 44.8 Å². The van der Waals surface area contributed by atoms with Gasteiger partial charge in [0.15, 0.2) is 33.1 Å². The molecule has 0 fully saturated rings. The van der Waals surface area contributed by atoms with Crippen LogP contribution in [0.3, 0.4) is 0 Å². The van der Waals surface area contributed by atoms with Crippen LogP contribution in [0.15, 0.2) is 48.8 Å². The van der Waals surface area contributed by atoms with E-state index in [9.17, 15) is 0 Å². The van der Waals surface area contributed by atoms with Crippen molar-refractivity contribution in [2.45, 2.75) is 52.4 Å². The zero-order chi connectivity index (χ0) is 33.9. The van der Waals surface area contributed by atoms with Crippen molar-refractivity contribution in [2.24, 2.45) is 14.1 Å². The number of benzene rings is 2. The quantitative estimate of drug-likeness (QED) is 0.179. The average molecular weight is 709 g/mol. The molecule has 12 heteroatoms. The standard InChI is InChI=1S/2C19H18N2O3S/c1-11-14-5-3-4-12-9-21(2)20-18(12)17(14)19(25-11)24-13-6-7-15-16(8-13)23-10-22-15;1-11-14-5-3-4-12-9-20-21(2)18(12)17(14)19(25-11)24-13-6-7-15-16(8-13)23-10-22-15/h2*6-9H,3-5,10H2,1-2H3. The van der Waals surface area contributed by atoms with Gasteiger partial charge in [0.2, 0.25) is 13.6 Å². The van der Waals surface area contributed by atoms with E-state index in [0.29, 0.717) is 0 Å².